The molecule has 0 bridgehead atoms. The van der Waals surface area contributed by atoms with Gasteiger partial charge in [0.15, 0.2) is 11.7 Å². The second kappa shape index (κ2) is 11.1. The van der Waals surface area contributed by atoms with Crippen molar-refractivity contribution in [2.45, 2.75) is 53.0 Å². The van der Waals surface area contributed by atoms with Crippen LogP contribution in [0, 0.1) is 6.92 Å². The molecule has 0 saturated heterocycles. The summed E-state index contributed by atoms with van der Waals surface area (Å²) in [6, 6.07) is 1.97. The molecule has 2 heterocycles. The van der Waals surface area contributed by atoms with Crippen LogP contribution in [0.3, 0.4) is 0 Å². The number of nitrogens with one attached hydrogen (secondary N) is 3. The molecule has 7 nitrogen and oxygen atoms in total. The summed E-state index contributed by atoms with van der Waals surface area (Å²) in [6.07, 6.45) is 3.91. The lowest BCUT2D eigenvalue weighted by atomic mass is 10.1. The third kappa shape index (κ3) is 7.05. The van der Waals surface area contributed by atoms with Gasteiger partial charge in [-0.15, -0.1) is 24.0 Å². The van der Waals surface area contributed by atoms with E-state index in [9.17, 15) is 0 Å². The van der Waals surface area contributed by atoms with Gasteiger partial charge in [-0.2, -0.15) is 5.10 Å². The average molecular weight is 460 g/mol. The molecule has 140 valence electrons. The molecule has 0 radical (unpaired) electrons. The van der Waals surface area contributed by atoms with Gasteiger partial charge in [0.05, 0.1) is 11.9 Å². The Kier molecular flexibility index (Phi) is 9.54. The highest BCUT2D eigenvalue weighted by atomic mass is 127. The maximum absolute atomic E-state index is 5.32. The van der Waals surface area contributed by atoms with Gasteiger partial charge in [0, 0.05) is 24.8 Å². The molecular weight excluding hydrogens is 431 g/mol. The van der Waals surface area contributed by atoms with Gasteiger partial charge in [-0.1, -0.05) is 19.0 Å². The van der Waals surface area contributed by atoms with Crippen molar-refractivity contribution in [3.05, 3.63) is 35.0 Å². The molecule has 0 aromatic carbocycles. The standard InChI is InChI=1S/C17H28N6O.HI/c1-5-18-17(19-8-6-7-14-10-21-22-13(14)4)20-11-15-9-16(12(2)3)23-24-15;/h9-10,12H,5-8,11H2,1-4H3,(H,21,22)(H2,18,19,20);1H. The first-order valence-electron chi connectivity index (χ1n) is 8.56. The molecule has 0 spiro atoms. The number of H-pyrrole nitrogens is 1. The number of nitrogens with zero attached hydrogens (tertiary/aromatic N) is 3. The van der Waals surface area contributed by atoms with E-state index >= 15 is 0 Å². The number of aryl methyl sites for hydroxylation is 2. The zero-order valence-electron chi connectivity index (χ0n) is 15.4. The number of aromatic nitrogens is 3. The van der Waals surface area contributed by atoms with Gasteiger partial charge in [-0.05, 0) is 38.2 Å². The Morgan fingerprint density at radius 3 is 2.76 bits per heavy atom. The number of aromatic amines is 1. The highest BCUT2D eigenvalue weighted by molar-refractivity contribution is 14.0. The minimum Gasteiger partial charge on any atom is -0.359 e. The lowest BCUT2D eigenvalue weighted by Crippen LogP contribution is -2.37. The summed E-state index contributed by atoms with van der Waals surface area (Å²) in [7, 11) is 0. The molecule has 0 aliphatic rings. The third-order valence-electron chi connectivity index (χ3n) is 3.76. The molecule has 25 heavy (non-hydrogen) atoms. The normalized spacial score (nSPS) is 11.5. The van der Waals surface area contributed by atoms with E-state index in [0.717, 1.165) is 49.0 Å². The quantitative estimate of drug-likeness (QED) is 0.244. The van der Waals surface area contributed by atoms with Crippen LogP contribution in [0.4, 0.5) is 0 Å². The monoisotopic (exact) mass is 460 g/mol. The smallest absolute Gasteiger partial charge is 0.191 e. The van der Waals surface area contributed by atoms with Gasteiger partial charge < -0.3 is 15.2 Å². The first-order chi connectivity index (χ1) is 11.6. The fourth-order valence-electron chi connectivity index (χ4n) is 2.29. The predicted molar refractivity (Wildman–Crippen MR) is 110 cm³/mol. The van der Waals surface area contributed by atoms with E-state index in [0.29, 0.717) is 12.5 Å². The predicted octanol–water partition coefficient (Wildman–Crippen LogP) is 3.14. The Hall–Kier alpha value is -1.58. The topological polar surface area (TPSA) is 91.1 Å². The number of aliphatic imine (C=N–C) groups is 1. The van der Waals surface area contributed by atoms with Crippen LogP contribution >= 0.6 is 24.0 Å². The molecule has 8 heteroatoms. The number of rotatable bonds is 8. The van der Waals surface area contributed by atoms with E-state index in [4.69, 9.17) is 4.52 Å². The Labute approximate surface area is 166 Å². The summed E-state index contributed by atoms with van der Waals surface area (Å²) in [6.45, 7) is 10.4. The third-order valence-corrected chi connectivity index (χ3v) is 3.76. The van der Waals surface area contributed by atoms with Crippen LogP contribution < -0.4 is 10.6 Å². The number of hydrogen-bond acceptors (Lipinski definition) is 4. The van der Waals surface area contributed by atoms with Crippen LogP contribution in [0.15, 0.2) is 21.8 Å². The second-order valence-electron chi connectivity index (χ2n) is 6.12. The lowest BCUT2D eigenvalue weighted by Gasteiger charge is -2.10. The minimum absolute atomic E-state index is 0. The van der Waals surface area contributed by atoms with Gasteiger partial charge in [-0.3, -0.25) is 5.10 Å². The molecule has 3 N–H and O–H groups in total. The molecule has 0 amide bonds. The van der Waals surface area contributed by atoms with Crippen LogP contribution in [0.25, 0.3) is 0 Å². The highest BCUT2D eigenvalue weighted by Crippen LogP contribution is 2.14. The van der Waals surface area contributed by atoms with Crippen molar-refractivity contribution in [1.29, 1.82) is 0 Å². The van der Waals surface area contributed by atoms with Crippen LogP contribution in [0.2, 0.25) is 0 Å². The van der Waals surface area contributed by atoms with Crippen LogP contribution in [-0.2, 0) is 13.0 Å². The number of guanidine groups is 1. The van der Waals surface area contributed by atoms with E-state index in [1.807, 2.05) is 19.2 Å². The van der Waals surface area contributed by atoms with E-state index in [2.05, 4.69) is 51.8 Å². The van der Waals surface area contributed by atoms with E-state index in [1.165, 1.54) is 5.56 Å². The maximum atomic E-state index is 5.32. The molecule has 2 aromatic rings. The molecule has 0 unspecified atom stereocenters. The summed E-state index contributed by atoms with van der Waals surface area (Å²) in [4.78, 5) is 4.55. The van der Waals surface area contributed by atoms with Gasteiger partial charge in [0.1, 0.15) is 6.54 Å². The van der Waals surface area contributed by atoms with E-state index < -0.39 is 0 Å². The van der Waals surface area contributed by atoms with Gasteiger partial charge in [0.2, 0.25) is 0 Å². The lowest BCUT2D eigenvalue weighted by molar-refractivity contribution is 0.376. The van der Waals surface area contributed by atoms with Crippen molar-refractivity contribution in [2.24, 2.45) is 4.99 Å². The fraction of sp³-hybridized carbons (Fsp3) is 0.588. The Morgan fingerprint density at radius 2 is 2.16 bits per heavy atom. The van der Waals surface area contributed by atoms with Crippen molar-refractivity contribution in [3.8, 4) is 0 Å². The van der Waals surface area contributed by atoms with E-state index in [-0.39, 0.29) is 24.0 Å². The second-order valence-corrected chi connectivity index (χ2v) is 6.12. The van der Waals surface area contributed by atoms with Crippen molar-refractivity contribution >= 4 is 29.9 Å². The van der Waals surface area contributed by atoms with Crippen molar-refractivity contribution in [1.82, 2.24) is 26.0 Å². The van der Waals surface area contributed by atoms with Gasteiger partial charge in [0.25, 0.3) is 0 Å². The minimum atomic E-state index is 0. The number of hydrogen-bond donors (Lipinski definition) is 3. The fourth-order valence-corrected chi connectivity index (χ4v) is 2.29. The van der Waals surface area contributed by atoms with Gasteiger partial charge >= 0.3 is 0 Å². The Balaban J connectivity index is 0.00000312. The summed E-state index contributed by atoms with van der Waals surface area (Å²) in [5, 5.41) is 17.7. The summed E-state index contributed by atoms with van der Waals surface area (Å²) < 4.78 is 5.32. The first kappa shape index (κ1) is 21.5. The number of halogens is 1. The first-order valence-corrected chi connectivity index (χ1v) is 8.56. The molecule has 2 aromatic heterocycles. The summed E-state index contributed by atoms with van der Waals surface area (Å²) in [5.74, 6) is 1.94. The van der Waals surface area contributed by atoms with Gasteiger partial charge in [-0.25, -0.2) is 4.99 Å². The molecule has 0 saturated carbocycles. The van der Waals surface area contributed by atoms with Crippen LogP contribution in [0.5, 0.6) is 0 Å². The maximum Gasteiger partial charge on any atom is 0.191 e. The SMILES string of the molecule is CCNC(=NCc1cc(C(C)C)no1)NCCCc1cn[nH]c1C.I. The van der Waals surface area contributed by atoms with Crippen molar-refractivity contribution < 1.29 is 4.52 Å². The largest absolute Gasteiger partial charge is 0.359 e. The molecular formula is C17H29IN6O. The summed E-state index contributed by atoms with van der Waals surface area (Å²) >= 11 is 0. The molecule has 0 aliphatic carbocycles. The molecule has 0 fully saturated rings. The Morgan fingerprint density at radius 1 is 1.36 bits per heavy atom. The van der Waals surface area contributed by atoms with Crippen LogP contribution in [-0.4, -0.2) is 34.4 Å². The highest BCUT2D eigenvalue weighted by Gasteiger charge is 2.07. The van der Waals surface area contributed by atoms with E-state index in [1.54, 1.807) is 0 Å². The molecule has 0 atom stereocenters. The Bertz CT molecular complexity index is 649. The van der Waals surface area contributed by atoms with Crippen LogP contribution in [0.1, 0.15) is 55.8 Å². The molecule has 2 rings (SSSR count). The average Bonchev–Trinajstić information content (AvgIpc) is 3.18. The zero-order valence-corrected chi connectivity index (χ0v) is 17.8. The summed E-state index contributed by atoms with van der Waals surface area (Å²) in [5.41, 5.74) is 3.37. The van der Waals surface area contributed by atoms with Crippen molar-refractivity contribution in [3.63, 3.8) is 0 Å². The van der Waals surface area contributed by atoms with Crippen molar-refractivity contribution in [2.75, 3.05) is 13.1 Å². The molecule has 0 aliphatic heterocycles. The zero-order chi connectivity index (χ0) is 17.4.